The zero-order chi connectivity index (χ0) is 24.1. The Bertz CT molecular complexity index is 1240. The molecule has 0 radical (unpaired) electrons. The number of carbonyl (C=O) groups is 2. The molecule has 0 bridgehead atoms. The second-order valence-corrected chi connectivity index (χ2v) is 9.00. The van der Waals surface area contributed by atoms with Gasteiger partial charge in [-0.05, 0) is 107 Å². The number of rotatable bonds is 7. The SMILES string of the molecule is CCOc1ccc(N2C(=O)/C(=C/c3ccc(OCc4ccc(I)cc4)cc3)C(=O)NC2=S)cc1. The third-order valence-corrected chi connectivity index (χ3v) is 6.02. The van der Waals surface area contributed by atoms with Crippen molar-refractivity contribution in [1.29, 1.82) is 0 Å². The first-order valence-electron chi connectivity index (χ1n) is 10.6. The smallest absolute Gasteiger partial charge is 0.270 e. The van der Waals surface area contributed by atoms with Gasteiger partial charge in [0.25, 0.3) is 11.8 Å². The van der Waals surface area contributed by atoms with E-state index in [0.29, 0.717) is 36.0 Å². The lowest BCUT2D eigenvalue weighted by atomic mass is 10.1. The maximum absolute atomic E-state index is 13.2. The van der Waals surface area contributed by atoms with E-state index in [0.717, 1.165) is 5.56 Å². The molecule has 0 aromatic heterocycles. The summed E-state index contributed by atoms with van der Waals surface area (Å²) in [5.41, 5.74) is 2.31. The van der Waals surface area contributed by atoms with Crippen LogP contribution in [-0.2, 0) is 16.2 Å². The number of anilines is 1. The van der Waals surface area contributed by atoms with Gasteiger partial charge < -0.3 is 9.47 Å². The van der Waals surface area contributed by atoms with Crippen molar-refractivity contribution in [3.8, 4) is 11.5 Å². The van der Waals surface area contributed by atoms with Crippen LogP contribution in [0, 0.1) is 3.57 Å². The Morgan fingerprint density at radius 1 is 0.912 bits per heavy atom. The Hall–Kier alpha value is -3.24. The number of benzene rings is 3. The standard InChI is InChI=1S/C26H21IN2O4S/c1-2-32-21-13-9-20(10-14-21)29-25(31)23(24(30)28-26(29)34)15-17-5-11-22(12-6-17)33-16-18-3-7-19(27)8-4-18/h3-15H,2,16H2,1H3,(H,28,30,34)/b23-15+. The second-order valence-electron chi connectivity index (χ2n) is 7.37. The van der Waals surface area contributed by atoms with Crippen LogP contribution in [-0.4, -0.2) is 23.5 Å². The van der Waals surface area contributed by atoms with Gasteiger partial charge in [0.05, 0.1) is 12.3 Å². The molecule has 1 saturated heterocycles. The first-order chi connectivity index (χ1) is 16.4. The molecule has 1 fully saturated rings. The molecule has 34 heavy (non-hydrogen) atoms. The average molecular weight is 584 g/mol. The van der Waals surface area contributed by atoms with E-state index in [1.807, 2.05) is 31.2 Å². The van der Waals surface area contributed by atoms with Crippen LogP contribution in [0.25, 0.3) is 6.08 Å². The summed E-state index contributed by atoms with van der Waals surface area (Å²) >= 11 is 7.52. The molecule has 1 heterocycles. The summed E-state index contributed by atoms with van der Waals surface area (Å²) in [6.07, 6.45) is 1.55. The molecule has 3 aromatic rings. The molecule has 2 amide bonds. The lowest BCUT2D eigenvalue weighted by Gasteiger charge is -2.29. The van der Waals surface area contributed by atoms with Crippen molar-refractivity contribution < 1.29 is 19.1 Å². The highest BCUT2D eigenvalue weighted by molar-refractivity contribution is 14.1. The number of carbonyl (C=O) groups excluding carboxylic acids is 2. The van der Waals surface area contributed by atoms with Gasteiger partial charge in [0.2, 0.25) is 0 Å². The van der Waals surface area contributed by atoms with Gasteiger partial charge in [0.1, 0.15) is 23.7 Å². The van der Waals surface area contributed by atoms with E-state index in [4.69, 9.17) is 21.7 Å². The molecule has 0 aliphatic carbocycles. The predicted molar refractivity (Wildman–Crippen MR) is 144 cm³/mol. The molecule has 1 aliphatic heterocycles. The van der Waals surface area contributed by atoms with E-state index < -0.39 is 11.8 Å². The first-order valence-corrected chi connectivity index (χ1v) is 12.0. The molecular formula is C26H21IN2O4S. The lowest BCUT2D eigenvalue weighted by Crippen LogP contribution is -2.54. The molecule has 0 saturated carbocycles. The molecule has 4 rings (SSSR count). The molecule has 0 spiro atoms. The van der Waals surface area contributed by atoms with E-state index in [2.05, 4.69) is 27.9 Å². The van der Waals surface area contributed by atoms with Crippen molar-refractivity contribution in [3.05, 3.63) is 93.1 Å². The highest BCUT2D eigenvalue weighted by Gasteiger charge is 2.34. The quantitative estimate of drug-likeness (QED) is 0.181. The van der Waals surface area contributed by atoms with Crippen molar-refractivity contribution in [2.75, 3.05) is 11.5 Å². The predicted octanol–water partition coefficient (Wildman–Crippen LogP) is 5.10. The third-order valence-electron chi connectivity index (χ3n) is 5.02. The molecule has 172 valence electrons. The normalized spacial score (nSPS) is 14.8. The fourth-order valence-corrected chi connectivity index (χ4v) is 3.96. The van der Waals surface area contributed by atoms with Crippen LogP contribution in [0.15, 0.2) is 78.4 Å². The van der Waals surface area contributed by atoms with E-state index in [-0.39, 0.29) is 10.7 Å². The van der Waals surface area contributed by atoms with Gasteiger partial charge >= 0.3 is 0 Å². The van der Waals surface area contributed by atoms with Crippen molar-refractivity contribution in [1.82, 2.24) is 5.32 Å². The van der Waals surface area contributed by atoms with E-state index in [1.165, 1.54) is 8.47 Å². The molecular weight excluding hydrogens is 563 g/mol. The zero-order valence-electron chi connectivity index (χ0n) is 18.3. The van der Waals surface area contributed by atoms with Crippen molar-refractivity contribution in [3.63, 3.8) is 0 Å². The maximum atomic E-state index is 13.2. The Balaban J connectivity index is 1.49. The van der Waals surface area contributed by atoms with Gasteiger partial charge in [-0.25, -0.2) is 0 Å². The molecule has 8 heteroatoms. The number of hydrogen-bond donors (Lipinski definition) is 1. The lowest BCUT2D eigenvalue weighted by molar-refractivity contribution is -0.122. The number of halogens is 1. The van der Waals surface area contributed by atoms with Crippen LogP contribution < -0.4 is 19.7 Å². The number of amides is 2. The summed E-state index contributed by atoms with van der Waals surface area (Å²) in [5, 5.41) is 2.63. The number of thiocarbonyl (C=S) groups is 1. The Morgan fingerprint density at radius 2 is 1.53 bits per heavy atom. The maximum Gasteiger partial charge on any atom is 0.270 e. The summed E-state index contributed by atoms with van der Waals surface area (Å²) < 4.78 is 12.4. The van der Waals surface area contributed by atoms with Crippen molar-refractivity contribution in [2.24, 2.45) is 0 Å². The highest BCUT2D eigenvalue weighted by atomic mass is 127. The number of nitrogens with zero attached hydrogens (tertiary/aromatic N) is 1. The fraction of sp³-hybridized carbons (Fsp3) is 0.115. The fourth-order valence-electron chi connectivity index (χ4n) is 3.32. The first kappa shape index (κ1) is 23.9. The number of nitrogens with one attached hydrogen (secondary N) is 1. The minimum Gasteiger partial charge on any atom is -0.494 e. The highest BCUT2D eigenvalue weighted by Crippen LogP contribution is 2.25. The Morgan fingerprint density at radius 3 is 2.18 bits per heavy atom. The van der Waals surface area contributed by atoms with Crippen LogP contribution in [0.2, 0.25) is 0 Å². The van der Waals surface area contributed by atoms with Crippen molar-refractivity contribution >= 4 is 63.5 Å². The van der Waals surface area contributed by atoms with E-state index >= 15 is 0 Å². The van der Waals surface area contributed by atoms with Crippen molar-refractivity contribution in [2.45, 2.75) is 13.5 Å². The van der Waals surface area contributed by atoms with E-state index in [9.17, 15) is 9.59 Å². The van der Waals surface area contributed by atoms with Gasteiger partial charge in [0.15, 0.2) is 5.11 Å². The summed E-state index contributed by atoms with van der Waals surface area (Å²) in [4.78, 5) is 27.0. The molecule has 3 aromatic carbocycles. The average Bonchev–Trinajstić information content (AvgIpc) is 2.83. The molecule has 0 atom stereocenters. The van der Waals surface area contributed by atoms with Crippen LogP contribution in [0.4, 0.5) is 5.69 Å². The summed E-state index contributed by atoms with van der Waals surface area (Å²) in [6, 6.07) is 22.3. The monoisotopic (exact) mass is 584 g/mol. The van der Waals surface area contributed by atoms with Gasteiger partial charge in [-0.15, -0.1) is 0 Å². The largest absolute Gasteiger partial charge is 0.494 e. The zero-order valence-corrected chi connectivity index (χ0v) is 21.3. The molecule has 1 aliphatic rings. The van der Waals surface area contributed by atoms with Crippen LogP contribution in [0.3, 0.4) is 0 Å². The molecule has 1 N–H and O–H groups in total. The van der Waals surface area contributed by atoms with Crippen LogP contribution in [0.5, 0.6) is 11.5 Å². The number of ether oxygens (including phenoxy) is 2. The summed E-state index contributed by atoms with van der Waals surface area (Å²) in [6.45, 7) is 2.89. The van der Waals surface area contributed by atoms with Gasteiger partial charge in [0, 0.05) is 3.57 Å². The molecule has 6 nitrogen and oxygen atoms in total. The molecule has 0 unspecified atom stereocenters. The minimum absolute atomic E-state index is 0.00459. The van der Waals surface area contributed by atoms with Gasteiger partial charge in [-0.3, -0.25) is 19.8 Å². The van der Waals surface area contributed by atoms with E-state index in [1.54, 1.807) is 54.6 Å². The summed E-state index contributed by atoms with van der Waals surface area (Å²) in [5.74, 6) is 0.358. The topological polar surface area (TPSA) is 67.9 Å². The Labute approximate surface area is 216 Å². The van der Waals surface area contributed by atoms with Gasteiger partial charge in [-0.2, -0.15) is 0 Å². The minimum atomic E-state index is -0.531. The van der Waals surface area contributed by atoms with Crippen LogP contribution >= 0.6 is 34.8 Å². The Kier molecular flexibility index (Phi) is 7.59. The number of hydrogen-bond acceptors (Lipinski definition) is 5. The third kappa shape index (κ3) is 5.63. The summed E-state index contributed by atoms with van der Waals surface area (Å²) in [7, 11) is 0. The van der Waals surface area contributed by atoms with Gasteiger partial charge in [-0.1, -0.05) is 24.3 Å². The second kappa shape index (κ2) is 10.8. The van der Waals surface area contributed by atoms with Crippen LogP contribution in [0.1, 0.15) is 18.1 Å².